The molecule has 1 N–H and O–H groups in total. The van der Waals surface area contributed by atoms with Gasteiger partial charge in [-0.05, 0) is 24.3 Å². The first kappa shape index (κ1) is 12.0. The molecule has 0 amide bonds. The van der Waals surface area contributed by atoms with Gasteiger partial charge in [0, 0.05) is 16.8 Å². The first-order chi connectivity index (χ1) is 9.19. The predicted molar refractivity (Wildman–Crippen MR) is 68.7 cm³/mol. The molecule has 0 spiro atoms. The second kappa shape index (κ2) is 4.55. The number of aromatic nitrogens is 1. The van der Waals surface area contributed by atoms with Crippen molar-refractivity contribution >= 4 is 21.7 Å². The summed E-state index contributed by atoms with van der Waals surface area (Å²) in [5, 5.41) is 11.3. The summed E-state index contributed by atoms with van der Waals surface area (Å²) in [6.07, 6.45) is 1.77. The van der Waals surface area contributed by atoms with E-state index in [0.29, 0.717) is 17.3 Å². The average Bonchev–Trinajstić information content (AvgIpc) is 2.38. The van der Waals surface area contributed by atoms with Crippen LogP contribution in [-0.4, -0.2) is 11.7 Å². The average molecular weight is 260 g/mol. The van der Waals surface area contributed by atoms with Crippen LogP contribution < -0.4 is 4.57 Å². The molecule has 0 saturated heterocycles. The Balaban J connectivity index is 2.46. The van der Waals surface area contributed by atoms with Crippen molar-refractivity contribution in [3.63, 3.8) is 0 Å². The quantitative estimate of drug-likeness (QED) is 0.555. The van der Waals surface area contributed by atoms with Crippen LogP contribution >= 0.6 is 0 Å². The van der Waals surface area contributed by atoms with Crippen LogP contribution in [-0.2, 0) is 6.54 Å². The van der Waals surface area contributed by atoms with Crippen LogP contribution in [0.4, 0.5) is 8.78 Å². The van der Waals surface area contributed by atoms with Gasteiger partial charge in [0.05, 0.1) is 5.39 Å². The molecule has 3 aromatic rings. The van der Waals surface area contributed by atoms with E-state index in [1.165, 1.54) is 24.3 Å². The highest BCUT2D eigenvalue weighted by molar-refractivity contribution is 6.03. The Hall–Kier alpha value is -2.07. The summed E-state index contributed by atoms with van der Waals surface area (Å²) < 4.78 is 28.5. The van der Waals surface area contributed by atoms with E-state index in [-0.39, 0.29) is 18.2 Å². The van der Waals surface area contributed by atoms with Crippen LogP contribution in [0.1, 0.15) is 0 Å². The molecule has 1 aromatic heterocycles. The highest BCUT2D eigenvalue weighted by Gasteiger charge is 2.14. The van der Waals surface area contributed by atoms with Crippen molar-refractivity contribution < 1.29 is 18.5 Å². The summed E-state index contributed by atoms with van der Waals surface area (Å²) in [5.41, 5.74) is 0.814. The molecule has 19 heavy (non-hydrogen) atoms. The minimum absolute atomic E-state index is 0.0298. The topological polar surface area (TPSA) is 24.1 Å². The third-order valence-corrected chi connectivity index (χ3v) is 3.21. The lowest BCUT2D eigenvalue weighted by Crippen LogP contribution is -2.36. The maximum Gasteiger partial charge on any atom is 0.213 e. The molecule has 4 heteroatoms. The van der Waals surface area contributed by atoms with E-state index in [9.17, 15) is 8.78 Å². The largest absolute Gasteiger partial charge is 0.390 e. The molecule has 0 aliphatic heterocycles. The molecule has 0 radical (unpaired) electrons. The molecule has 96 valence electrons. The zero-order valence-electron chi connectivity index (χ0n) is 10.1. The first-order valence-corrected chi connectivity index (χ1v) is 6.01. The van der Waals surface area contributed by atoms with Gasteiger partial charge in [-0.2, -0.15) is 4.57 Å². The van der Waals surface area contributed by atoms with Crippen LogP contribution in [0, 0.1) is 11.6 Å². The number of fused-ring (bicyclic) bond motifs is 3. The smallest absolute Gasteiger partial charge is 0.213 e. The lowest BCUT2D eigenvalue weighted by atomic mass is 10.1. The van der Waals surface area contributed by atoms with Crippen LogP contribution in [0.2, 0.25) is 0 Å². The number of rotatable bonds is 2. The molecule has 1 heterocycles. The standard InChI is InChI=1S/C15H12F2NO/c16-11-1-3-13-10(7-11)9-18(5-6-19)15-4-2-12(17)8-14(13)15/h1-4,7-9,19H,5-6H2/q+1. The Kier molecular flexibility index (Phi) is 2.87. The number of aliphatic hydroxyl groups is 1. The molecule has 0 atom stereocenters. The third kappa shape index (κ3) is 2.04. The number of hydrogen-bond donors (Lipinski definition) is 1. The molecule has 2 nitrogen and oxygen atoms in total. The van der Waals surface area contributed by atoms with Gasteiger partial charge >= 0.3 is 0 Å². The molecule has 3 rings (SSSR count). The van der Waals surface area contributed by atoms with E-state index in [1.807, 2.05) is 0 Å². The molecule has 0 aliphatic carbocycles. The van der Waals surface area contributed by atoms with Crippen molar-refractivity contribution in [2.45, 2.75) is 6.54 Å². The molecule has 0 unspecified atom stereocenters. The van der Waals surface area contributed by atoms with Gasteiger partial charge in [0.25, 0.3) is 0 Å². The molecule has 0 fully saturated rings. The van der Waals surface area contributed by atoms with E-state index in [2.05, 4.69) is 0 Å². The number of pyridine rings is 1. The fraction of sp³-hybridized carbons (Fsp3) is 0.133. The van der Waals surface area contributed by atoms with Gasteiger partial charge in [0.15, 0.2) is 12.7 Å². The van der Waals surface area contributed by atoms with Crippen molar-refractivity contribution in [3.05, 3.63) is 54.2 Å². The maximum atomic E-state index is 13.4. The minimum atomic E-state index is -0.334. The van der Waals surface area contributed by atoms with Crippen molar-refractivity contribution in [1.82, 2.24) is 0 Å². The highest BCUT2D eigenvalue weighted by Crippen LogP contribution is 2.24. The van der Waals surface area contributed by atoms with Gasteiger partial charge in [-0.1, -0.05) is 6.07 Å². The van der Waals surface area contributed by atoms with Gasteiger partial charge in [0.1, 0.15) is 18.2 Å². The van der Waals surface area contributed by atoms with Gasteiger partial charge in [0.2, 0.25) is 5.52 Å². The van der Waals surface area contributed by atoms with Crippen LogP contribution in [0.15, 0.2) is 42.6 Å². The second-order valence-electron chi connectivity index (χ2n) is 4.44. The van der Waals surface area contributed by atoms with E-state index in [1.54, 1.807) is 22.9 Å². The highest BCUT2D eigenvalue weighted by atomic mass is 19.1. The summed E-state index contributed by atoms with van der Waals surface area (Å²) in [5.74, 6) is -0.668. The van der Waals surface area contributed by atoms with Gasteiger partial charge < -0.3 is 5.11 Å². The van der Waals surface area contributed by atoms with Gasteiger partial charge in [-0.15, -0.1) is 0 Å². The Morgan fingerprint density at radius 1 is 0.947 bits per heavy atom. The Morgan fingerprint density at radius 3 is 2.47 bits per heavy atom. The van der Waals surface area contributed by atoms with Crippen LogP contribution in [0.25, 0.3) is 21.7 Å². The SMILES string of the molecule is OCC[n+]1cc2cc(F)ccc2c2cc(F)ccc21. The molecule has 2 aromatic carbocycles. The Labute approximate surface area is 108 Å². The fourth-order valence-electron chi connectivity index (χ4n) is 2.39. The number of aliphatic hydroxyl groups excluding tert-OH is 1. The van der Waals surface area contributed by atoms with Crippen molar-refractivity contribution in [1.29, 1.82) is 0 Å². The lowest BCUT2D eigenvalue weighted by molar-refractivity contribution is -0.671. The van der Waals surface area contributed by atoms with Crippen LogP contribution in [0.5, 0.6) is 0 Å². The summed E-state index contributed by atoms with van der Waals surface area (Å²) >= 11 is 0. The van der Waals surface area contributed by atoms with E-state index >= 15 is 0 Å². The van der Waals surface area contributed by atoms with Crippen molar-refractivity contribution in [3.8, 4) is 0 Å². The summed E-state index contributed by atoms with van der Waals surface area (Å²) in [4.78, 5) is 0. The fourth-order valence-corrected chi connectivity index (χ4v) is 2.39. The molecule has 0 saturated carbocycles. The maximum absolute atomic E-state index is 13.4. The van der Waals surface area contributed by atoms with Gasteiger partial charge in [-0.25, -0.2) is 8.78 Å². The summed E-state index contributed by atoms with van der Waals surface area (Å²) in [6.45, 7) is 0.354. The molecular formula is C15H12F2NO+. The van der Waals surface area contributed by atoms with Crippen molar-refractivity contribution in [2.24, 2.45) is 0 Å². The molecule has 0 bridgehead atoms. The molecular weight excluding hydrogens is 248 g/mol. The first-order valence-electron chi connectivity index (χ1n) is 6.01. The zero-order valence-corrected chi connectivity index (χ0v) is 10.1. The monoisotopic (exact) mass is 260 g/mol. The second-order valence-corrected chi connectivity index (χ2v) is 4.44. The molecule has 0 aliphatic rings. The number of hydrogen-bond acceptors (Lipinski definition) is 1. The van der Waals surface area contributed by atoms with Gasteiger partial charge in [-0.3, -0.25) is 0 Å². The lowest BCUT2D eigenvalue weighted by Gasteiger charge is -2.05. The predicted octanol–water partition coefficient (Wildman–Crippen LogP) is 2.55. The number of halogens is 2. The number of nitrogens with zero attached hydrogens (tertiary/aromatic N) is 1. The van der Waals surface area contributed by atoms with E-state index in [0.717, 1.165) is 10.9 Å². The normalized spacial score (nSPS) is 11.3. The van der Waals surface area contributed by atoms with E-state index in [4.69, 9.17) is 5.11 Å². The minimum Gasteiger partial charge on any atom is -0.390 e. The summed E-state index contributed by atoms with van der Waals surface area (Å²) in [6, 6.07) is 8.91. The third-order valence-electron chi connectivity index (χ3n) is 3.21. The number of benzene rings is 2. The van der Waals surface area contributed by atoms with Crippen LogP contribution in [0.3, 0.4) is 0 Å². The van der Waals surface area contributed by atoms with Crippen molar-refractivity contribution in [2.75, 3.05) is 6.61 Å². The zero-order chi connectivity index (χ0) is 13.4. The summed E-state index contributed by atoms with van der Waals surface area (Å²) in [7, 11) is 0. The Bertz CT molecular complexity index is 771. The van der Waals surface area contributed by atoms with E-state index < -0.39 is 0 Å². The Morgan fingerprint density at radius 2 is 1.68 bits per heavy atom.